The highest BCUT2D eigenvalue weighted by Crippen LogP contribution is 2.40. The Bertz CT molecular complexity index is 928. The first-order valence-corrected chi connectivity index (χ1v) is 11.6. The Labute approximate surface area is 194 Å². The summed E-state index contributed by atoms with van der Waals surface area (Å²) in [5.41, 5.74) is 1.22. The number of carbonyl (C=O) groups excluding carboxylic acids is 1. The lowest BCUT2D eigenvalue weighted by Gasteiger charge is -2.30. The molecule has 4 rings (SSSR count). The fourth-order valence-corrected chi connectivity index (χ4v) is 4.69. The summed E-state index contributed by atoms with van der Waals surface area (Å²) >= 11 is 0. The molecule has 2 fully saturated rings. The molecular formula is C26H32FNO5. The van der Waals surface area contributed by atoms with Crippen LogP contribution in [0.3, 0.4) is 0 Å². The maximum absolute atomic E-state index is 13.8. The highest BCUT2D eigenvalue weighted by atomic mass is 19.1. The van der Waals surface area contributed by atoms with E-state index in [-0.39, 0.29) is 18.1 Å². The molecule has 1 aliphatic heterocycles. The van der Waals surface area contributed by atoms with E-state index in [0.717, 1.165) is 50.7 Å². The SMILES string of the molecule is COc1cc(CN(C(=O)c2cccc(F)c2)C2CCCC2)cc(OC)c1OCC1CCCO1. The summed E-state index contributed by atoms with van der Waals surface area (Å²) in [5, 5.41) is 0. The molecule has 6 nitrogen and oxygen atoms in total. The number of halogens is 1. The van der Waals surface area contributed by atoms with E-state index in [0.29, 0.717) is 36.0 Å². The monoisotopic (exact) mass is 457 g/mol. The van der Waals surface area contributed by atoms with Gasteiger partial charge in [0.1, 0.15) is 12.4 Å². The Balaban J connectivity index is 1.59. The Morgan fingerprint density at radius 1 is 1.06 bits per heavy atom. The van der Waals surface area contributed by atoms with Crippen LogP contribution in [0.25, 0.3) is 0 Å². The van der Waals surface area contributed by atoms with Crippen LogP contribution in [0.15, 0.2) is 36.4 Å². The first-order chi connectivity index (χ1) is 16.1. The van der Waals surface area contributed by atoms with Crippen molar-refractivity contribution in [3.63, 3.8) is 0 Å². The van der Waals surface area contributed by atoms with E-state index < -0.39 is 5.82 Å². The topological polar surface area (TPSA) is 57.2 Å². The van der Waals surface area contributed by atoms with Crippen molar-refractivity contribution < 1.29 is 28.1 Å². The highest BCUT2D eigenvalue weighted by Gasteiger charge is 2.29. The number of hydrogen-bond donors (Lipinski definition) is 0. The van der Waals surface area contributed by atoms with E-state index in [4.69, 9.17) is 18.9 Å². The average Bonchev–Trinajstić information content (AvgIpc) is 3.55. The normalized spacial score (nSPS) is 18.3. The maximum atomic E-state index is 13.8. The van der Waals surface area contributed by atoms with Gasteiger partial charge in [0.05, 0.1) is 20.3 Å². The van der Waals surface area contributed by atoms with Gasteiger partial charge in [0, 0.05) is 24.8 Å². The van der Waals surface area contributed by atoms with Crippen LogP contribution in [0.5, 0.6) is 17.2 Å². The number of benzene rings is 2. The Kier molecular flexibility index (Phi) is 7.70. The third kappa shape index (κ3) is 5.58. The Morgan fingerprint density at radius 3 is 2.39 bits per heavy atom. The minimum atomic E-state index is -0.414. The Hall–Kier alpha value is -2.80. The standard InChI is InChI=1S/C26H32FNO5/c1-30-23-13-18(14-24(31-2)25(23)33-17-22-11-6-12-32-22)16-28(21-9-3-4-10-21)26(29)19-7-5-8-20(27)15-19/h5,7-8,13-15,21-22H,3-4,6,9-12,16-17H2,1-2H3. The van der Waals surface area contributed by atoms with E-state index in [1.807, 2.05) is 17.0 Å². The van der Waals surface area contributed by atoms with E-state index in [1.54, 1.807) is 26.4 Å². The fourth-order valence-electron chi connectivity index (χ4n) is 4.69. The summed E-state index contributed by atoms with van der Waals surface area (Å²) in [6.45, 7) is 1.56. The molecule has 178 valence electrons. The molecule has 0 spiro atoms. The molecule has 2 aliphatic rings. The number of amides is 1. The zero-order valence-electron chi connectivity index (χ0n) is 19.3. The van der Waals surface area contributed by atoms with Crippen molar-refractivity contribution in [2.75, 3.05) is 27.4 Å². The predicted molar refractivity (Wildman–Crippen MR) is 123 cm³/mol. The number of rotatable bonds is 9. The van der Waals surface area contributed by atoms with Crippen molar-refractivity contribution in [2.24, 2.45) is 0 Å². The van der Waals surface area contributed by atoms with Crippen LogP contribution in [0, 0.1) is 5.82 Å². The van der Waals surface area contributed by atoms with Crippen LogP contribution < -0.4 is 14.2 Å². The molecular weight excluding hydrogens is 425 g/mol. The second-order valence-electron chi connectivity index (χ2n) is 8.66. The van der Waals surface area contributed by atoms with Crippen molar-refractivity contribution in [3.8, 4) is 17.2 Å². The fraction of sp³-hybridized carbons (Fsp3) is 0.500. The molecule has 1 aliphatic carbocycles. The summed E-state index contributed by atoms with van der Waals surface area (Å²) in [6.07, 6.45) is 6.13. The van der Waals surface area contributed by atoms with Gasteiger partial charge in [-0.15, -0.1) is 0 Å². The first kappa shape index (κ1) is 23.4. The summed E-state index contributed by atoms with van der Waals surface area (Å²) in [7, 11) is 3.17. The molecule has 1 amide bonds. The lowest BCUT2D eigenvalue weighted by Crippen LogP contribution is -2.38. The minimum Gasteiger partial charge on any atom is -0.493 e. The van der Waals surface area contributed by atoms with Gasteiger partial charge >= 0.3 is 0 Å². The van der Waals surface area contributed by atoms with Crippen molar-refractivity contribution in [2.45, 2.75) is 57.2 Å². The molecule has 2 aromatic rings. The van der Waals surface area contributed by atoms with Crippen molar-refractivity contribution >= 4 is 5.91 Å². The molecule has 1 saturated carbocycles. The predicted octanol–water partition coefficient (Wildman–Crippen LogP) is 4.99. The third-order valence-electron chi connectivity index (χ3n) is 6.41. The summed E-state index contributed by atoms with van der Waals surface area (Å²) < 4.78 is 36.7. The molecule has 0 bridgehead atoms. The van der Waals surface area contributed by atoms with Gasteiger partial charge in [-0.1, -0.05) is 18.9 Å². The van der Waals surface area contributed by atoms with Crippen LogP contribution in [-0.4, -0.2) is 50.4 Å². The molecule has 0 aromatic heterocycles. The number of nitrogens with zero attached hydrogens (tertiary/aromatic N) is 1. The second kappa shape index (κ2) is 10.9. The molecule has 0 radical (unpaired) electrons. The van der Waals surface area contributed by atoms with Crippen molar-refractivity contribution in [1.82, 2.24) is 4.90 Å². The second-order valence-corrected chi connectivity index (χ2v) is 8.66. The van der Waals surface area contributed by atoms with Gasteiger partial charge in [0.2, 0.25) is 5.75 Å². The minimum absolute atomic E-state index is 0.0702. The van der Waals surface area contributed by atoms with Gasteiger partial charge in [-0.2, -0.15) is 0 Å². The van der Waals surface area contributed by atoms with Gasteiger partial charge in [0.25, 0.3) is 5.91 Å². The number of hydrogen-bond acceptors (Lipinski definition) is 5. The van der Waals surface area contributed by atoms with Crippen LogP contribution in [0.1, 0.15) is 54.4 Å². The van der Waals surface area contributed by atoms with E-state index >= 15 is 0 Å². The zero-order chi connectivity index (χ0) is 23.2. The number of methoxy groups -OCH3 is 2. The lowest BCUT2D eigenvalue weighted by molar-refractivity contribution is 0.0651. The molecule has 1 atom stereocenters. The third-order valence-corrected chi connectivity index (χ3v) is 6.41. The molecule has 0 N–H and O–H groups in total. The largest absolute Gasteiger partial charge is 0.493 e. The number of ether oxygens (including phenoxy) is 4. The molecule has 7 heteroatoms. The highest BCUT2D eigenvalue weighted by molar-refractivity contribution is 5.94. The van der Waals surface area contributed by atoms with Gasteiger partial charge in [-0.25, -0.2) is 4.39 Å². The first-order valence-electron chi connectivity index (χ1n) is 11.6. The summed E-state index contributed by atoms with van der Waals surface area (Å²) in [5.74, 6) is 1.04. The zero-order valence-corrected chi connectivity index (χ0v) is 19.3. The van der Waals surface area contributed by atoms with Gasteiger partial charge in [-0.05, 0) is 61.6 Å². The number of carbonyl (C=O) groups is 1. The average molecular weight is 458 g/mol. The van der Waals surface area contributed by atoms with Crippen LogP contribution in [-0.2, 0) is 11.3 Å². The van der Waals surface area contributed by atoms with E-state index in [2.05, 4.69) is 0 Å². The van der Waals surface area contributed by atoms with Gasteiger partial charge in [-0.3, -0.25) is 4.79 Å². The van der Waals surface area contributed by atoms with Gasteiger partial charge in [0.15, 0.2) is 11.5 Å². The molecule has 1 heterocycles. The van der Waals surface area contributed by atoms with E-state index in [9.17, 15) is 9.18 Å². The lowest BCUT2D eigenvalue weighted by atomic mass is 10.1. The van der Waals surface area contributed by atoms with Crippen molar-refractivity contribution in [1.29, 1.82) is 0 Å². The molecule has 33 heavy (non-hydrogen) atoms. The maximum Gasteiger partial charge on any atom is 0.254 e. The summed E-state index contributed by atoms with van der Waals surface area (Å²) in [6, 6.07) is 9.77. The van der Waals surface area contributed by atoms with Crippen LogP contribution in [0.4, 0.5) is 4.39 Å². The van der Waals surface area contributed by atoms with Crippen molar-refractivity contribution in [3.05, 3.63) is 53.3 Å². The molecule has 1 unspecified atom stereocenters. The van der Waals surface area contributed by atoms with Gasteiger partial charge < -0.3 is 23.8 Å². The Morgan fingerprint density at radius 2 is 1.79 bits per heavy atom. The summed E-state index contributed by atoms with van der Waals surface area (Å²) in [4.78, 5) is 15.2. The van der Waals surface area contributed by atoms with Crippen LogP contribution >= 0.6 is 0 Å². The van der Waals surface area contributed by atoms with Crippen LogP contribution in [0.2, 0.25) is 0 Å². The smallest absolute Gasteiger partial charge is 0.254 e. The quantitative estimate of drug-likeness (QED) is 0.531. The molecule has 2 aromatic carbocycles. The van der Waals surface area contributed by atoms with E-state index in [1.165, 1.54) is 12.1 Å². The molecule has 1 saturated heterocycles.